The molecular weight excluding hydrogens is 434 g/mol. The monoisotopic (exact) mass is 452 g/mol. The van der Waals surface area contributed by atoms with Gasteiger partial charge in [-0.25, -0.2) is 17.2 Å². The number of halogens is 2. The molecule has 0 saturated heterocycles. The van der Waals surface area contributed by atoms with E-state index in [1.165, 1.54) is 32.3 Å². The van der Waals surface area contributed by atoms with Gasteiger partial charge in [0.05, 0.1) is 28.2 Å². The molecule has 0 saturated carbocycles. The number of sulfonamides is 1. The molecule has 164 valence electrons. The summed E-state index contributed by atoms with van der Waals surface area (Å²) in [4.78, 5) is 35.9. The van der Waals surface area contributed by atoms with Crippen LogP contribution in [0, 0.1) is 11.6 Å². The molecule has 0 bridgehead atoms. The van der Waals surface area contributed by atoms with Crippen molar-refractivity contribution in [1.82, 2.24) is 13.4 Å². The second-order valence-electron chi connectivity index (χ2n) is 6.81. The number of amides is 1. The first-order valence-corrected chi connectivity index (χ1v) is 10.3. The van der Waals surface area contributed by atoms with Gasteiger partial charge in [-0.05, 0) is 30.3 Å². The van der Waals surface area contributed by atoms with E-state index in [2.05, 4.69) is 5.32 Å². The minimum atomic E-state index is -4.17. The topological polar surface area (TPSA) is 110 Å². The lowest BCUT2D eigenvalue weighted by Gasteiger charge is -2.18. The number of nitrogens with one attached hydrogen (secondary N) is 1. The quantitative estimate of drug-likeness (QED) is 0.575. The standard InChI is InChI=1S/C19H18F2N4O5S/c1-23(10-17(26)22-14-6-4-11(20)8-13(14)21)31(29,30)12-5-7-15-16(9-12)25(3)19(28)18(27)24(15)2/h4-9H,10H2,1-3H3,(H,22,26). The molecule has 0 aliphatic carbocycles. The maximum absolute atomic E-state index is 13.7. The van der Waals surface area contributed by atoms with Gasteiger partial charge in [-0.2, -0.15) is 4.31 Å². The maximum atomic E-state index is 13.7. The molecule has 3 rings (SSSR count). The van der Waals surface area contributed by atoms with E-state index < -0.39 is 45.2 Å². The van der Waals surface area contributed by atoms with Crippen LogP contribution in [0.2, 0.25) is 0 Å². The van der Waals surface area contributed by atoms with E-state index in [4.69, 9.17) is 0 Å². The molecule has 12 heteroatoms. The van der Waals surface area contributed by atoms with Gasteiger partial charge >= 0.3 is 11.1 Å². The second-order valence-corrected chi connectivity index (χ2v) is 8.86. The maximum Gasteiger partial charge on any atom is 0.316 e. The summed E-state index contributed by atoms with van der Waals surface area (Å²) in [5, 5.41) is 2.18. The molecule has 0 unspecified atom stereocenters. The molecule has 0 atom stereocenters. The summed E-state index contributed by atoms with van der Waals surface area (Å²) < 4.78 is 55.3. The number of anilines is 1. The van der Waals surface area contributed by atoms with Crippen LogP contribution >= 0.6 is 0 Å². The van der Waals surface area contributed by atoms with E-state index in [1.807, 2.05) is 0 Å². The largest absolute Gasteiger partial charge is 0.322 e. The first-order valence-electron chi connectivity index (χ1n) is 8.84. The van der Waals surface area contributed by atoms with Crippen molar-refractivity contribution in [3.05, 3.63) is 68.7 Å². The molecule has 1 N–H and O–H groups in total. The van der Waals surface area contributed by atoms with Gasteiger partial charge in [0.1, 0.15) is 11.6 Å². The highest BCUT2D eigenvalue weighted by Crippen LogP contribution is 2.20. The Morgan fingerprint density at radius 3 is 2.23 bits per heavy atom. The lowest BCUT2D eigenvalue weighted by Crippen LogP contribution is -2.39. The highest BCUT2D eigenvalue weighted by molar-refractivity contribution is 7.89. The van der Waals surface area contributed by atoms with Gasteiger partial charge in [0, 0.05) is 27.2 Å². The van der Waals surface area contributed by atoms with Crippen molar-refractivity contribution in [2.24, 2.45) is 14.1 Å². The van der Waals surface area contributed by atoms with Crippen molar-refractivity contribution in [1.29, 1.82) is 0 Å². The lowest BCUT2D eigenvalue weighted by molar-refractivity contribution is -0.116. The molecule has 0 fully saturated rings. The van der Waals surface area contributed by atoms with Crippen molar-refractivity contribution in [2.75, 3.05) is 18.9 Å². The molecule has 1 heterocycles. The second kappa shape index (κ2) is 8.04. The number of fused-ring (bicyclic) bond motifs is 1. The van der Waals surface area contributed by atoms with Crippen LogP contribution in [-0.2, 0) is 28.9 Å². The first-order chi connectivity index (χ1) is 14.4. The van der Waals surface area contributed by atoms with Gasteiger partial charge in [0.2, 0.25) is 15.9 Å². The van der Waals surface area contributed by atoms with E-state index in [-0.39, 0.29) is 16.1 Å². The zero-order valence-electron chi connectivity index (χ0n) is 16.7. The Labute approximate surface area is 175 Å². The predicted octanol–water partition coefficient (Wildman–Crippen LogP) is 0.775. The van der Waals surface area contributed by atoms with E-state index in [0.29, 0.717) is 11.6 Å². The van der Waals surface area contributed by atoms with E-state index in [1.54, 1.807) is 0 Å². The normalized spacial score (nSPS) is 11.8. The molecule has 1 aromatic heterocycles. The van der Waals surface area contributed by atoms with E-state index in [9.17, 15) is 31.6 Å². The number of likely N-dealkylation sites (N-methyl/N-ethyl adjacent to an activating group) is 1. The van der Waals surface area contributed by atoms with Gasteiger partial charge in [-0.3, -0.25) is 14.4 Å². The third-order valence-electron chi connectivity index (χ3n) is 4.74. The predicted molar refractivity (Wildman–Crippen MR) is 109 cm³/mol. The molecular formula is C19H18F2N4O5S. The lowest BCUT2D eigenvalue weighted by atomic mass is 10.3. The fourth-order valence-corrected chi connectivity index (χ4v) is 4.12. The Hall–Kier alpha value is -3.38. The molecule has 3 aromatic rings. The molecule has 0 aliphatic rings. The average molecular weight is 452 g/mol. The number of carbonyl (C=O) groups excluding carboxylic acids is 1. The van der Waals surface area contributed by atoms with Crippen LogP contribution in [0.1, 0.15) is 0 Å². The van der Waals surface area contributed by atoms with Gasteiger partial charge < -0.3 is 14.5 Å². The number of aromatic nitrogens is 2. The highest BCUT2D eigenvalue weighted by Gasteiger charge is 2.24. The molecule has 1 amide bonds. The van der Waals surface area contributed by atoms with E-state index >= 15 is 0 Å². The van der Waals surface area contributed by atoms with Crippen molar-refractivity contribution in [2.45, 2.75) is 4.90 Å². The van der Waals surface area contributed by atoms with Crippen LogP contribution in [-0.4, -0.2) is 41.4 Å². The molecule has 31 heavy (non-hydrogen) atoms. The zero-order valence-corrected chi connectivity index (χ0v) is 17.5. The summed E-state index contributed by atoms with van der Waals surface area (Å²) in [5.41, 5.74) is -1.32. The number of nitrogens with zero attached hydrogens (tertiary/aromatic N) is 3. The third-order valence-corrected chi connectivity index (χ3v) is 6.54. The van der Waals surface area contributed by atoms with Crippen molar-refractivity contribution >= 4 is 32.7 Å². The Balaban J connectivity index is 1.90. The SMILES string of the molecule is CN(CC(=O)Nc1ccc(F)cc1F)S(=O)(=O)c1ccc2c(c1)n(C)c(=O)c(=O)n2C. The number of rotatable bonds is 5. The Bertz CT molecular complexity index is 1430. The molecule has 2 aromatic carbocycles. The van der Waals surface area contributed by atoms with Crippen LogP contribution in [0.5, 0.6) is 0 Å². The highest BCUT2D eigenvalue weighted by atomic mass is 32.2. The van der Waals surface area contributed by atoms with Gasteiger partial charge in [0.15, 0.2) is 0 Å². The van der Waals surface area contributed by atoms with Crippen LogP contribution in [0.25, 0.3) is 11.0 Å². The number of benzene rings is 2. The summed E-state index contributed by atoms with van der Waals surface area (Å²) in [6, 6.07) is 6.40. The fourth-order valence-electron chi connectivity index (χ4n) is 2.97. The summed E-state index contributed by atoms with van der Waals surface area (Å²) in [6.07, 6.45) is 0. The number of carbonyl (C=O) groups is 1. The molecule has 0 aliphatic heterocycles. The van der Waals surface area contributed by atoms with Gasteiger partial charge in [-0.1, -0.05) is 0 Å². The average Bonchev–Trinajstić information content (AvgIpc) is 2.72. The van der Waals surface area contributed by atoms with Gasteiger partial charge in [0.25, 0.3) is 0 Å². The molecule has 9 nitrogen and oxygen atoms in total. The number of hydrogen-bond donors (Lipinski definition) is 1. The Morgan fingerprint density at radius 2 is 1.61 bits per heavy atom. The Kier molecular flexibility index (Phi) is 5.79. The van der Waals surface area contributed by atoms with Crippen LogP contribution in [0.4, 0.5) is 14.5 Å². The smallest absolute Gasteiger partial charge is 0.316 e. The Morgan fingerprint density at radius 1 is 1.00 bits per heavy atom. The van der Waals surface area contributed by atoms with Crippen molar-refractivity contribution in [3.8, 4) is 0 Å². The van der Waals surface area contributed by atoms with Crippen LogP contribution < -0.4 is 16.4 Å². The zero-order chi connectivity index (χ0) is 23.1. The summed E-state index contributed by atoms with van der Waals surface area (Å²) >= 11 is 0. The third kappa shape index (κ3) is 4.11. The van der Waals surface area contributed by atoms with Crippen molar-refractivity contribution in [3.63, 3.8) is 0 Å². The summed E-state index contributed by atoms with van der Waals surface area (Å²) in [6.45, 7) is -0.649. The minimum absolute atomic E-state index is 0.208. The van der Waals surface area contributed by atoms with Gasteiger partial charge in [-0.15, -0.1) is 0 Å². The minimum Gasteiger partial charge on any atom is -0.322 e. The van der Waals surface area contributed by atoms with E-state index in [0.717, 1.165) is 32.6 Å². The molecule has 0 spiro atoms. The first kappa shape index (κ1) is 22.3. The fraction of sp³-hybridized carbons (Fsp3) is 0.211. The number of aryl methyl sites for hydroxylation is 2. The number of hydrogen-bond acceptors (Lipinski definition) is 5. The van der Waals surface area contributed by atoms with Crippen LogP contribution in [0.3, 0.4) is 0 Å². The summed E-state index contributed by atoms with van der Waals surface area (Å²) in [5.74, 6) is -2.66. The van der Waals surface area contributed by atoms with Crippen molar-refractivity contribution < 1.29 is 22.0 Å². The van der Waals surface area contributed by atoms with Crippen LogP contribution in [0.15, 0.2) is 50.9 Å². The molecule has 0 radical (unpaired) electrons. The summed E-state index contributed by atoms with van der Waals surface area (Å²) in [7, 11) is -0.280.